The smallest absolute Gasteiger partial charge is 0.323 e. The highest BCUT2D eigenvalue weighted by Crippen LogP contribution is 2.29. The van der Waals surface area contributed by atoms with Gasteiger partial charge in [-0.15, -0.1) is 0 Å². The van der Waals surface area contributed by atoms with E-state index in [2.05, 4.69) is 5.32 Å². The Balaban J connectivity index is 1.43. The topological polar surface area (TPSA) is 107 Å². The first-order chi connectivity index (χ1) is 15.4. The number of hydrogen-bond donors (Lipinski definition) is 2. The molecule has 1 aliphatic heterocycles. The highest BCUT2D eigenvalue weighted by Gasteiger charge is 2.36. The second kappa shape index (κ2) is 9.09. The number of amides is 3. The van der Waals surface area contributed by atoms with Crippen molar-refractivity contribution in [3.05, 3.63) is 60.8 Å². The lowest BCUT2D eigenvalue weighted by Crippen LogP contribution is -2.39. The second-order valence-electron chi connectivity index (χ2n) is 7.66. The highest BCUT2D eigenvalue weighted by atomic mass is 19.1. The van der Waals surface area contributed by atoms with Gasteiger partial charge in [0.15, 0.2) is 0 Å². The molecule has 0 spiro atoms. The number of anilines is 1. The van der Waals surface area contributed by atoms with Crippen LogP contribution in [0.1, 0.15) is 19.3 Å². The maximum atomic E-state index is 14.2. The van der Waals surface area contributed by atoms with Crippen molar-refractivity contribution in [2.75, 3.05) is 11.9 Å². The Morgan fingerprint density at radius 1 is 1.09 bits per heavy atom. The predicted octanol–water partition coefficient (Wildman–Crippen LogP) is 3.90. The Labute approximate surface area is 183 Å². The van der Waals surface area contributed by atoms with Crippen LogP contribution < -0.4 is 15.8 Å². The third kappa shape index (κ3) is 4.56. The number of aromatic nitrogens is 1. The van der Waals surface area contributed by atoms with Gasteiger partial charge < -0.3 is 20.7 Å². The van der Waals surface area contributed by atoms with Crippen LogP contribution in [0.4, 0.5) is 19.7 Å². The van der Waals surface area contributed by atoms with E-state index in [9.17, 15) is 18.8 Å². The number of rotatable bonds is 5. The fourth-order valence-corrected chi connectivity index (χ4v) is 3.99. The molecular formula is C23H23FN4O4. The summed E-state index contributed by atoms with van der Waals surface area (Å²) in [6, 6.07) is 14.1. The fourth-order valence-electron chi connectivity index (χ4n) is 3.99. The number of esters is 1. The summed E-state index contributed by atoms with van der Waals surface area (Å²) in [6.45, 7) is -0.0707. The SMILES string of the molecule is NC(=O)n1cc(NC(=O)N2C[C@H](F)C[C@H]2CCC(=O)Oc2ccccc2)c2ccccc21. The summed E-state index contributed by atoms with van der Waals surface area (Å²) in [5.41, 5.74) is 6.37. The molecule has 0 bridgehead atoms. The summed E-state index contributed by atoms with van der Waals surface area (Å²) in [6.07, 6.45) is 0.747. The molecule has 0 unspecified atom stereocenters. The van der Waals surface area contributed by atoms with Crippen molar-refractivity contribution in [1.29, 1.82) is 0 Å². The largest absolute Gasteiger partial charge is 0.427 e. The molecule has 1 aliphatic rings. The number of para-hydroxylation sites is 2. The Hall–Kier alpha value is -3.88. The number of benzene rings is 2. The molecule has 4 rings (SSSR count). The van der Waals surface area contributed by atoms with Gasteiger partial charge >= 0.3 is 18.0 Å². The number of fused-ring (bicyclic) bond motifs is 1. The van der Waals surface area contributed by atoms with Crippen molar-refractivity contribution in [3.63, 3.8) is 0 Å². The summed E-state index contributed by atoms with van der Waals surface area (Å²) in [5.74, 6) is -0.00359. The lowest BCUT2D eigenvalue weighted by molar-refractivity contribution is -0.134. The van der Waals surface area contributed by atoms with Gasteiger partial charge in [-0.3, -0.25) is 9.36 Å². The van der Waals surface area contributed by atoms with Crippen LogP contribution in [-0.4, -0.2) is 46.3 Å². The molecule has 2 heterocycles. The Morgan fingerprint density at radius 3 is 2.56 bits per heavy atom. The molecule has 3 aromatic rings. The molecule has 1 fully saturated rings. The molecule has 166 valence electrons. The highest BCUT2D eigenvalue weighted by molar-refractivity contribution is 6.04. The molecule has 0 radical (unpaired) electrons. The van der Waals surface area contributed by atoms with Crippen molar-refractivity contribution in [2.45, 2.75) is 31.5 Å². The van der Waals surface area contributed by atoms with Gasteiger partial charge in [-0.25, -0.2) is 14.0 Å². The van der Waals surface area contributed by atoms with Crippen LogP contribution in [0.2, 0.25) is 0 Å². The Morgan fingerprint density at radius 2 is 1.81 bits per heavy atom. The molecular weight excluding hydrogens is 415 g/mol. The average molecular weight is 438 g/mol. The van der Waals surface area contributed by atoms with Gasteiger partial charge in [-0.1, -0.05) is 36.4 Å². The van der Waals surface area contributed by atoms with Crippen LogP contribution in [0, 0.1) is 0 Å². The molecule has 2 atom stereocenters. The number of ether oxygens (including phenoxy) is 1. The first-order valence-electron chi connectivity index (χ1n) is 10.3. The molecule has 0 aliphatic carbocycles. The molecule has 1 aromatic heterocycles. The second-order valence-corrected chi connectivity index (χ2v) is 7.66. The quantitative estimate of drug-likeness (QED) is 0.465. The van der Waals surface area contributed by atoms with E-state index in [1.54, 1.807) is 48.5 Å². The van der Waals surface area contributed by atoms with Crippen molar-refractivity contribution in [2.24, 2.45) is 5.73 Å². The molecule has 0 saturated carbocycles. The van der Waals surface area contributed by atoms with Crippen molar-refractivity contribution < 1.29 is 23.5 Å². The predicted molar refractivity (Wildman–Crippen MR) is 117 cm³/mol. The van der Waals surface area contributed by atoms with Gasteiger partial charge in [-0.05, 0) is 24.6 Å². The van der Waals surface area contributed by atoms with E-state index in [4.69, 9.17) is 10.5 Å². The normalized spacial score (nSPS) is 18.0. The van der Waals surface area contributed by atoms with Gasteiger partial charge in [0.05, 0.1) is 17.7 Å². The van der Waals surface area contributed by atoms with Crippen molar-refractivity contribution in [1.82, 2.24) is 9.47 Å². The maximum absolute atomic E-state index is 14.2. The summed E-state index contributed by atoms with van der Waals surface area (Å²) >= 11 is 0. The molecule has 2 aromatic carbocycles. The Bertz CT molecular complexity index is 1150. The zero-order valence-electron chi connectivity index (χ0n) is 17.2. The number of nitrogens with one attached hydrogen (secondary N) is 1. The van der Waals surface area contributed by atoms with E-state index < -0.39 is 30.2 Å². The zero-order valence-corrected chi connectivity index (χ0v) is 17.2. The van der Waals surface area contributed by atoms with Gasteiger partial charge in [0, 0.05) is 30.5 Å². The van der Waals surface area contributed by atoms with Crippen molar-refractivity contribution >= 4 is 34.6 Å². The van der Waals surface area contributed by atoms with E-state index in [1.165, 1.54) is 15.7 Å². The number of nitrogens with two attached hydrogens (primary N) is 1. The van der Waals surface area contributed by atoms with Crippen LogP contribution >= 0.6 is 0 Å². The summed E-state index contributed by atoms with van der Waals surface area (Å²) < 4.78 is 20.7. The summed E-state index contributed by atoms with van der Waals surface area (Å²) in [5, 5.41) is 3.39. The monoisotopic (exact) mass is 438 g/mol. The lowest BCUT2D eigenvalue weighted by atomic mass is 10.1. The number of likely N-dealkylation sites (tertiary alicyclic amines) is 1. The number of hydrogen-bond acceptors (Lipinski definition) is 4. The minimum Gasteiger partial charge on any atom is -0.427 e. The maximum Gasteiger partial charge on any atom is 0.323 e. The third-order valence-electron chi connectivity index (χ3n) is 5.47. The number of carbonyl (C=O) groups excluding carboxylic acids is 3. The molecule has 32 heavy (non-hydrogen) atoms. The van der Waals surface area contributed by atoms with E-state index in [0.29, 0.717) is 22.3 Å². The molecule has 8 nitrogen and oxygen atoms in total. The first-order valence-corrected chi connectivity index (χ1v) is 10.3. The number of nitrogens with zero attached hydrogens (tertiary/aromatic N) is 2. The first kappa shape index (κ1) is 21.4. The van der Waals surface area contributed by atoms with Crippen LogP contribution in [-0.2, 0) is 4.79 Å². The van der Waals surface area contributed by atoms with Gasteiger partial charge in [0.1, 0.15) is 11.9 Å². The van der Waals surface area contributed by atoms with Crippen LogP contribution in [0.25, 0.3) is 10.9 Å². The minimum atomic E-state index is -1.18. The average Bonchev–Trinajstić information content (AvgIpc) is 3.34. The summed E-state index contributed by atoms with van der Waals surface area (Å²) in [7, 11) is 0. The number of urea groups is 1. The van der Waals surface area contributed by atoms with E-state index >= 15 is 0 Å². The number of carbonyl (C=O) groups is 3. The van der Waals surface area contributed by atoms with Crippen LogP contribution in [0.3, 0.4) is 0 Å². The van der Waals surface area contributed by atoms with Crippen LogP contribution in [0.15, 0.2) is 60.8 Å². The van der Waals surface area contributed by atoms with E-state index in [1.807, 2.05) is 6.07 Å². The molecule has 1 saturated heterocycles. The van der Waals surface area contributed by atoms with E-state index in [0.717, 1.165) is 0 Å². The zero-order chi connectivity index (χ0) is 22.7. The van der Waals surface area contributed by atoms with E-state index in [-0.39, 0.29) is 25.8 Å². The van der Waals surface area contributed by atoms with Gasteiger partial charge in [0.2, 0.25) is 0 Å². The lowest BCUT2D eigenvalue weighted by Gasteiger charge is -2.24. The number of alkyl halides is 1. The molecule has 9 heteroatoms. The standard InChI is InChI=1S/C23H23FN4O4/c24-15-12-16(10-11-21(29)32-17-6-2-1-3-7-17)27(13-15)23(31)26-19-14-28(22(25)30)20-9-5-4-8-18(19)20/h1-9,14-16H,10-13H2,(H2,25,30)(H,26,31)/t15-,16-/m1/s1. The minimum absolute atomic E-state index is 0.0526. The fraction of sp³-hybridized carbons (Fsp3) is 0.261. The third-order valence-corrected chi connectivity index (χ3v) is 5.47. The number of primary amides is 1. The molecule has 3 N–H and O–H groups in total. The van der Waals surface area contributed by atoms with Crippen molar-refractivity contribution in [3.8, 4) is 5.75 Å². The van der Waals surface area contributed by atoms with Crippen LogP contribution in [0.5, 0.6) is 5.75 Å². The molecule has 3 amide bonds. The van der Waals surface area contributed by atoms with Gasteiger partial charge in [-0.2, -0.15) is 0 Å². The van der Waals surface area contributed by atoms with Gasteiger partial charge in [0.25, 0.3) is 0 Å². The summed E-state index contributed by atoms with van der Waals surface area (Å²) in [4.78, 5) is 38.2. The number of halogens is 1. The Kier molecular flexibility index (Phi) is 6.07.